The topological polar surface area (TPSA) is 39.7 Å². The van der Waals surface area contributed by atoms with E-state index in [4.69, 9.17) is 0 Å². The summed E-state index contributed by atoms with van der Waals surface area (Å²) in [6.07, 6.45) is 3.81. The van der Waals surface area contributed by atoms with Gasteiger partial charge in [0.2, 0.25) is 0 Å². The Morgan fingerprint density at radius 3 is 2.59 bits per heavy atom. The molecule has 1 saturated heterocycles. The summed E-state index contributed by atoms with van der Waals surface area (Å²) in [5, 5.41) is 6.61. The Morgan fingerprint density at radius 2 is 1.91 bits per heavy atom. The van der Waals surface area contributed by atoms with Crippen LogP contribution < -0.4 is 10.6 Å². The minimum Gasteiger partial charge on any atom is -0.357 e. The Bertz CT molecular complexity index is 452. The highest BCUT2D eigenvalue weighted by Crippen LogP contribution is 2.07. The Balaban J connectivity index is 1.72. The lowest BCUT2D eigenvalue weighted by atomic mass is 10.2. The predicted octanol–water partition coefficient (Wildman–Crippen LogP) is 2.37. The van der Waals surface area contributed by atoms with Crippen molar-refractivity contribution in [2.24, 2.45) is 4.99 Å². The second-order valence-corrected chi connectivity index (χ2v) is 5.65. The zero-order chi connectivity index (χ0) is 15.6. The number of nitrogens with zero attached hydrogens (tertiary/aromatic N) is 2. The van der Waals surface area contributed by atoms with E-state index in [1.165, 1.54) is 38.1 Å². The van der Waals surface area contributed by atoms with Crippen LogP contribution in [0.3, 0.4) is 0 Å². The molecule has 1 aliphatic rings. The first-order chi connectivity index (χ1) is 10.8. The fraction of sp³-hybridized carbons (Fsp3) is 0.588. The van der Waals surface area contributed by atoms with Crippen molar-refractivity contribution in [1.29, 1.82) is 0 Å². The normalized spacial score (nSPS) is 16.0. The third-order valence-corrected chi connectivity index (χ3v) is 3.82. The van der Waals surface area contributed by atoms with Gasteiger partial charge in [-0.05, 0) is 63.5 Å². The Morgan fingerprint density at radius 1 is 1.18 bits per heavy atom. The predicted molar refractivity (Wildman–Crippen MR) is 89.5 cm³/mol. The van der Waals surface area contributed by atoms with Crippen molar-refractivity contribution in [3.05, 3.63) is 35.6 Å². The van der Waals surface area contributed by atoms with Crippen LogP contribution in [-0.4, -0.2) is 43.6 Å². The lowest BCUT2D eigenvalue weighted by molar-refractivity contribution is 0.334. The van der Waals surface area contributed by atoms with Gasteiger partial charge in [-0.2, -0.15) is 0 Å². The minimum atomic E-state index is -0.209. The molecule has 0 unspecified atom stereocenters. The molecule has 0 atom stereocenters. The highest BCUT2D eigenvalue weighted by Gasteiger charge is 2.10. The zero-order valence-electron chi connectivity index (χ0n) is 13.4. The zero-order valence-corrected chi connectivity index (χ0v) is 13.4. The minimum absolute atomic E-state index is 0.209. The van der Waals surface area contributed by atoms with Crippen LogP contribution in [-0.2, 0) is 6.54 Å². The number of nitrogens with one attached hydrogen (secondary N) is 2. The van der Waals surface area contributed by atoms with Gasteiger partial charge in [-0.3, -0.25) is 0 Å². The Kier molecular flexibility index (Phi) is 7.16. The van der Waals surface area contributed by atoms with E-state index in [1.54, 1.807) is 12.1 Å². The molecule has 0 aromatic heterocycles. The molecule has 0 saturated carbocycles. The molecule has 0 aliphatic carbocycles. The number of halogens is 1. The van der Waals surface area contributed by atoms with E-state index in [2.05, 4.69) is 27.4 Å². The number of hydrogen-bond donors (Lipinski definition) is 2. The van der Waals surface area contributed by atoms with E-state index in [0.717, 1.165) is 37.6 Å². The largest absolute Gasteiger partial charge is 0.357 e. The molecule has 2 N–H and O–H groups in total. The lowest BCUT2D eigenvalue weighted by Gasteiger charge is -2.15. The molecule has 1 fully saturated rings. The monoisotopic (exact) mass is 306 g/mol. The van der Waals surface area contributed by atoms with Crippen LogP contribution in [0, 0.1) is 5.82 Å². The van der Waals surface area contributed by atoms with E-state index < -0.39 is 0 Å². The number of rotatable bonds is 7. The van der Waals surface area contributed by atoms with Crippen molar-refractivity contribution in [2.45, 2.75) is 32.7 Å². The summed E-state index contributed by atoms with van der Waals surface area (Å²) in [6, 6.07) is 6.49. The summed E-state index contributed by atoms with van der Waals surface area (Å²) in [4.78, 5) is 7.06. The molecule has 2 rings (SSSR count). The average molecular weight is 306 g/mol. The maximum atomic E-state index is 12.9. The molecule has 1 aromatic rings. The number of hydrogen-bond acceptors (Lipinski definition) is 2. The van der Waals surface area contributed by atoms with E-state index in [1.807, 2.05) is 0 Å². The van der Waals surface area contributed by atoms with Crippen LogP contribution >= 0.6 is 0 Å². The van der Waals surface area contributed by atoms with Crippen LogP contribution in [0.2, 0.25) is 0 Å². The lowest BCUT2D eigenvalue weighted by Crippen LogP contribution is -2.38. The maximum absolute atomic E-state index is 12.9. The Labute approximate surface area is 132 Å². The molecule has 1 aliphatic heterocycles. The van der Waals surface area contributed by atoms with Crippen LogP contribution in [0.15, 0.2) is 29.3 Å². The van der Waals surface area contributed by atoms with Gasteiger partial charge >= 0.3 is 0 Å². The molecule has 0 radical (unpaired) electrons. The first-order valence-electron chi connectivity index (χ1n) is 8.27. The second-order valence-electron chi connectivity index (χ2n) is 5.65. The average Bonchev–Trinajstić information content (AvgIpc) is 3.04. The van der Waals surface area contributed by atoms with Gasteiger partial charge in [0.1, 0.15) is 5.82 Å². The van der Waals surface area contributed by atoms with Gasteiger partial charge < -0.3 is 15.5 Å². The molecule has 4 nitrogen and oxygen atoms in total. The van der Waals surface area contributed by atoms with Crippen molar-refractivity contribution < 1.29 is 4.39 Å². The van der Waals surface area contributed by atoms with Gasteiger partial charge in [0.15, 0.2) is 5.96 Å². The summed E-state index contributed by atoms with van der Waals surface area (Å²) in [5.41, 5.74) is 1.01. The van der Waals surface area contributed by atoms with Crippen molar-refractivity contribution in [1.82, 2.24) is 15.5 Å². The van der Waals surface area contributed by atoms with Crippen LogP contribution in [0.5, 0.6) is 0 Å². The van der Waals surface area contributed by atoms with Crippen molar-refractivity contribution in [3.8, 4) is 0 Å². The molecular formula is C17H27FN4. The van der Waals surface area contributed by atoms with Crippen molar-refractivity contribution >= 4 is 5.96 Å². The standard InChI is InChI=1S/C17H27FN4/c1-2-19-17(20-10-5-13-22-11-3-4-12-22)21-14-15-6-8-16(18)9-7-15/h6-9H,2-5,10-14H2,1H3,(H2,19,20,21). The Hall–Kier alpha value is -1.62. The molecule has 0 bridgehead atoms. The number of aliphatic imine (C=N–C) groups is 1. The molecule has 0 amide bonds. The maximum Gasteiger partial charge on any atom is 0.191 e. The first-order valence-corrected chi connectivity index (χ1v) is 8.27. The first kappa shape index (κ1) is 16.7. The molecule has 0 spiro atoms. The van der Waals surface area contributed by atoms with Crippen LogP contribution in [0.4, 0.5) is 4.39 Å². The van der Waals surface area contributed by atoms with Crippen molar-refractivity contribution in [2.75, 3.05) is 32.7 Å². The fourth-order valence-corrected chi connectivity index (χ4v) is 2.62. The van der Waals surface area contributed by atoms with E-state index in [9.17, 15) is 4.39 Å². The summed E-state index contributed by atoms with van der Waals surface area (Å²) in [5.74, 6) is 0.618. The summed E-state index contributed by atoms with van der Waals surface area (Å²) >= 11 is 0. The van der Waals surface area contributed by atoms with E-state index in [-0.39, 0.29) is 5.82 Å². The van der Waals surface area contributed by atoms with Gasteiger partial charge in [-0.15, -0.1) is 0 Å². The number of guanidine groups is 1. The molecule has 22 heavy (non-hydrogen) atoms. The third kappa shape index (κ3) is 6.02. The molecule has 1 heterocycles. The summed E-state index contributed by atoms with van der Waals surface area (Å²) < 4.78 is 12.9. The van der Waals surface area contributed by atoms with E-state index >= 15 is 0 Å². The van der Waals surface area contributed by atoms with Crippen LogP contribution in [0.25, 0.3) is 0 Å². The molecule has 1 aromatic carbocycles. The van der Waals surface area contributed by atoms with Gasteiger partial charge in [0.25, 0.3) is 0 Å². The van der Waals surface area contributed by atoms with Gasteiger partial charge in [-0.1, -0.05) is 12.1 Å². The van der Waals surface area contributed by atoms with Crippen LogP contribution in [0.1, 0.15) is 31.7 Å². The highest BCUT2D eigenvalue weighted by atomic mass is 19.1. The fourth-order valence-electron chi connectivity index (χ4n) is 2.62. The molecular weight excluding hydrogens is 279 g/mol. The highest BCUT2D eigenvalue weighted by molar-refractivity contribution is 5.79. The second kappa shape index (κ2) is 9.41. The summed E-state index contributed by atoms with van der Waals surface area (Å²) in [7, 11) is 0. The third-order valence-electron chi connectivity index (χ3n) is 3.82. The van der Waals surface area contributed by atoms with E-state index in [0.29, 0.717) is 6.54 Å². The quantitative estimate of drug-likeness (QED) is 0.461. The summed E-state index contributed by atoms with van der Waals surface area (Å²) in [6.45, 7) is 8.02. The number of likely N-dealkylation sites (tertiary alicyclic amines) is 1. The van der Waals surface area contributed by atoms with Gasteiger partial charge in [0.05, 0.1) is 6.54 Å². The molecule has 5 heteroatoms. The number of benzene rings is 1. The van der Waals surface area contributed by atoms with Gasteiger partial charge in [0, 0.05) is 13.1 Å². The smallest absolute Gasteiger partial charge is 0.191 e. The SMILES string of the molecule is CCNC(=NCc1ccc(F)cc1)NCCCN1CCCC1. The van der Waals surface area contributed by atoms with Crippen molar-refractivity contribution in [3.63, 3.8) is 0 Å². The molecule has 122 valence electrons. The van der Waals surface area contributed by atoms with Gasteiger partial charge in [-0.25, -0.2) is 9.38 Å².